The minimum Gasteiger partial charge on any atom is -0.369 e. The number of hydrogen-bond donors (Lipinski definition) is 1. The smallest absolute Gasteiger partial charge is 0.154 e. The predicted octanol–water partition coefficient (Wildman–Crippen LogP) is 5.20. The second-order valence-corrected chi connectivity index (χ2v) is 5.82. The van der Waals surface area contributed by atoms with Gasteiger partial charge in [0.1, 0.15) is 5.82 Å². The summed E-state index contributed by atoms with van der Waals surface area (Å²) in [6.07, 6.45) is 0. The van der Waals surface area contributed by atoms with Crippen molar-refractivity contribution in [2.24, 2.45) is 0 Å². The molecule has 0 saturated heterocycles. The minimum absolute atomic E-state index is 0.527. The van der Waals surface area contributed by atoms with E-state index in [1.54, 1.807) is 6.07 Å². The molecule has 21 heavy (non-hydrogen) atoms. The number of nitrogens with zero attached hydrogens (tertiary/aromatic N) is 2. The van der Waals surface area contributed by atoms with Crippen LogP contribution in [0, 0.1) is 13.8 Å². The van der Waals surface area contributed by atoms with E-state index in [0.717, 1.165) is 12.2 Å². The van der Waals surface area contributed by atoms with Crippen molar-refractivity contribution in [3.63, 3.8) is 0 Å². The van der Waals surface area contributed by atoms with Crippen LogP contribution in [0.25, 0.3) is 0 Å². The fourth-order valence-corrected chi connectivity index (χ4v) is 2.83. The van der Waals surface area contributed by atoms with E-state index in [9.17, 15) is 0 Å². The maximum atomic E-state index is 6.31. The maximum absolute atomic E-state index is 6.31. The highest BCUT2D eigenvalue weighted by molar-refractivity contribution is 6.37. The van der Waals surface area contributed by atoms with Crippen LogP contribution in [-0.2, 0) is 0 Å². The lowest BCUT2D eigenvalue weighted by Crippen LogP contribution is -2.14. The van der Waals surface area contributed by atoms with E-state index in [2.05, 4.69) is 42.3 Å². The Morgan fingerprint density at radius 3 is 2.48 bits per heavy atom. The van der Waals surface area contributed by atoms with Gasteiger partial charge in [-0.3, -0.25) is 0 Å². The molecular weight excluding hydrogens is 305 g/mol. The van der Waals surface area contributed by atoms with Gasteiger partial charge in [0.15, 0.2) is 5.82 Å². The van der Waals surface area contributed by atoms with Crippen LogP contribution in [0.15, 0.2) is 24.3 Å². The third kappa shape index (κ3) is 3.42. The van der Waals surface area contributed by atoms with Crippen molar-refractivity contribution < 1.29 is 0 Å². The lowest BCUT2D eigenvalue weighted by atomic mass is 10.1. The van der Waals surface area contributed by atoms with Crippen LogP contribution >= 0.6 is 23.2 Å². The summed E-state index contributed by atoms with van der Waals surface area (Å²) in [6.45, 7) is 6.91. The summed E-state index contributed by atoms with van der Waals surface area (Å²) in [4.78, 5) is 6.53. The van der Waals surface area contributed by atoms with Gasteiger partial charge in [0, 0.05) is 19.3 Å². The van der Waals surface area contributed by atoms with Gasteiger partial charge in [-0.05, 0) is 38.5 Å². The average Bonchev–Trinajstić information content (AvgIpc) is 2.41. The summed E-state index contributed by atoms with van der Waals surface area (Å²) in [5.41, 5.74) is 3.48. The highest BCUT2D eigenvalue weighted by Gasteiger charge is 2.15. The molecule has 0 aliphatic carbocycles. The number of pyridine rings is 1. The Morgan fingerprint density at radius 2 is 1.86 bits per heavy atom. The molecule has 1 aromatic heterocycles. The van der Waals surface area contributed by atoms with Crippen molar-refractivity contribution in [3.05, 3.63) is 45.4 Å². The number of benzene rings is 1. The largest absolute Gasteiger partial charge is 0.369 e. The zero-order chi connectivity index (χ0) is 15.6. The molecule has 2 rings (SSSR count). The fraction of sp³-hybridized carbons (Fsp3) is 0.312. The fourth-order valence-electron chi connectivity index (χ4n) is 2.28. The highest BCUT2D eigenvalue weighted by atomic mass is 35.5. The van der Waals surface area contributed by atoms with Crippen molar-refractivity contribution in [1.29, 1.82) is 0 Å². The first-order valence-corrected chi connectivity index (χ1v) is 7.60. The highest BCUT2D eigenvalue weighted by Crippen LogP contribution is 2.35. The summed E-state index contributed by atoms with van der Waals surface area (Å²) in [6, 6.07) is 8.02. The SMILES string of the molecule is CCNc1nc(N(C)c2ccc(C)cc2C)c(Cl)cc1Cl. The van der Waals surface area contributed by atoms with Crippen LogP contribution < -0.4 is 10.2 Å². The van der Waals surface area contributed by atoms with Gasteiger partial charge in [0.25, 0.3) is 0 Å². The van der Waals surface area contributed by atoms with E-state index < -0.39 is 0 Å². The molecule has 5 heteroatoms. The Labute approximate surface area is 135 Å². The molecular formula is C16H19Cl2N3. The van der Waals surface area contributed by atoms with E-state index in [1.165, 1.54) is 11.1 Å². The van der Waals surface area contributed by atoms with Gasteiger partial charge in [-0.1, -0.05) is 40.9 Å². The second-order valence-electron chi connectivity index (χ2n) is 5.00. The average molecular weight is 324 g/mol. The quantitative estimate of drug-likeness (QED) is 0.837. The summed E-state index contributed by atoms with van der Waals surface area (Å²) in [7, 11) is 1.95. The minimum atomic E-state index is 0.527. The first-order chi connectivity index (χ1) is 9.93. The van der Waals surface area contributed by atoms with Crippen LogP contribution in [-0.4, -0.2) is 18.6 Å². The molecule has 112 valence electrons. The summed E-state index contributed by atoms with van der Waals surface area (Å²) >= 11 is 12.5. The van der Waals surface area contributed by atoms with Crippen LogP contribution in [0.3, 0.4) is 0 Å². The molecule has 0 aliphatic rings. The standard InChI is InChI=1S/C16H19Cl2N3/c1-5-19-15-12(17)9-13(18)16(20-15)21(4)14-7-6-10(2)8-11(14)3/h6-9H,5H2,1-4H3,(H,19,20). The summed E-state index contributed by atoms with van der Waals surface area (Å²) in [5.74, 6) is 1.33. The molecule has 1 aromatic carbocycles. The first-order valence-electron chi connectivity index (χ1n) is 6.85. The number of aryl methyl sites for hydroxylation is 2. The zero-order valence-electron chi connectivity index (χ0n) is 12.7. The molecule has 0 saturated carbocycles. The number of anilines is 3. The molecule has 1 N–H and O–H groups in total. The van der Waals surface area contributed by atoms with E-state index in [0.29, 0.717) is 21.7 Å². The van der Waals surface area contributed by atoms with E-state index in [-0.39, 0.29) is 0 Å². The molecule has 1 heterocycles. The molecule has 0 atom stereocenters. The number of halogens is 2. The molecule has 0 amide bonds. The molecule has 2 aromatic rings. The summed E-state index contributed by atoms with van der Waals surface area (Å²) < 4.78 is 0. The van der Waals surface area contributed by atoms with Crippen molar-refractivity contribution in [2.45, 2.75) is 20.8 Å². The normalized spacial score (nSPS) is 10.6. The topological polar surface area (TPSA) is 28.2 Å². The van der Waals surface area contributed by atoms with Crippen molar-refractivity contribution >= 4 is 40.5 Å². The molecule has 0 radical (unpaired) electrons. The Kier molecular flexibility index (Phi) is 4.96. The van der Waals surface area contributed by atoms with Gasteiger partial charge in [0.05, 0.1) is 10.0 Å². The number of aromatic nitrogens is 1. The molecule has 3 nitrogen and oxygen atoms in total. The lowest BCUT2D eigenvalue weighted by molar-refractivity contribution is 1.09. The van der Waals surface area contributed by atoms with Crippen LogP contribution in [0.5, 0.6) is 0 Å². The van der Waals surface area contributed by atoms with Crippen molar-refractivity contribution in [3.8, 4) is 0 Å². The van der Waals surface area contributed by atoms with Crippen LogP contribution in [0.4, 0.5) is 17.3 Å². The Hall–Kier alpha value is -1.45. The monoisotopic (exact) mass is 323 g/mol. The Bertz CT molecular complexity index is 656. The summed E-state index contributed by atoms with van der Waals surface area (Å²) in [5, 5.41) is 4.20. The number of nitrogens with one attached hydrogen (secondary N) is 1. The second kappa shape index (κ2) is 6.54. The van der Waals surface area contributed by atoms with Crippen LogP contribution in [0.1, 0.15) is 18.1 Å². The third-order valence-electron chi connectivity index (χ3n) is 3.29. The Balaban J connectivity index is 2.47. The first kappa shape index (κ1) is 15.9. The lowest BCUT2D eigenvalue weighted by Gasteiger charge is -2.23. The molecule has 0 bridgehead atoms. The van der Waals surface area contributed by atoms with Gasteiger partial charge in [0.2, 0.25) is 0 Å². The zero-order valence-corrected chi connectivity index (χ0v) is 14.2. The third-order valence-corrected chi connectivity index (χ3v) is 3.85. The molecule has 0 fully saturated rings. The Morgan fingerprint density at radius 1 is 1.14 bits per heavy atom. The van der Waals surface area contributed by atoms with E-state index in [1.807, 2.05) is 18.9 Å². The van der Waals surface area contributed by atoms with Crippen molar-refractivity contribution in [1.82, 2.24) is 4.98 Å². The van der Waals surface area contributed by atoms with Crippen LogP contribution in [0.2, 0.25) is 10.0 Å². The van der Waals surface area contributed by atoms with Gasteiger partial charge in [-0.25, -0.2) is 4.98 Å². The molecule has 0 spiro atoms. The predicted molar refractivity (Wildman–Crippen MR) is 92.4 cm³/mol. The molecule has 0 aliphatic heterocycles. The van der Waals surface area contributed by atoms with Gasteiger partial charge in [-0.2, -0.15) is 0 Å². The number of hydrogen-bond acceptors (Lipinski definition) is 3. The van der Waals surface area contributed by atoms with Gasteiger partial charge < -0.3 is 10.2 Å². The maximum Gasteiger partial charge on any atom is 0.154 e. The van der Waals surface area contributed by atoms with Gasteiger partial charge in [-0.15, -0.1) is 0 Å². The number of rotatable bonds is 4. The van der Waals surface area contributed by atoms with Gasteiger partial charge >= 0.3 is 0 Å². The molecule has 0 unspecified atom stereocenters. The van der Waals surface area contributed by atoms with E-state index in [4.69, 9.17) is 23.2 Å². The van der Waals surface area contributed by atoms with Crippen molar-refractivity contribution in [2.75, 3.05) is 23.8 Å². The van der Waals surface area contributed by atoms with E-state index >= 15 is 0 Å².